The molecule has 0 bridgehead atoms. The minimum Gasteiger partial charge on any atom is -0.476 e. The maximum absolute atomic E-state index is 5.56. The molecule has 0 atom stereocenters. The molecule has 84 valence electrons. The van der Waals surface area contributed by atoms with Crippen molar-refractivity contribution < 1.29 is 4.74 Å². The Balaban J connectivity index is 2.36. The second-order valence-corrected chi connectivity index (χ2v) is 3.95. The highest BCUT2D eigenvalue weighted by Gasteiger charge is 2.03. The number of ether oxygens (including phenoxy) is 1. The minimum atomic E-state index is 0.440. The molecule has 0 aliphatic heterocycles. The summed E-state index contributed by atoms with van der Waals surface area (Å²) >= 11 is 0. The van der Waals surface area contributed by atoms with Crippen LogP contribution in [0.2, 0.25) is 0 Å². The Labute approximate surface area is 90.8 Å². The third-order valence-corrected chi connectivity index (χ3v) is 2.15. The molecule has 15 heavy (non-hydrogen) atoms. The molecule has 4 nitrogen and oxygen atoms in total. The molecule has 1 aromatic rings. The molecule has 0 amide bonds. The van der Waals surface area contributed by atoms with E-state index in [1.807, 2.05) is 6.07 Å². The van der Waals surface area contributed by atoms with Gasteiger partial charge in [0.05, 0.1) is 12.8 Å². The summed E-state index contributed by atoms with van der Waals surface area (Å²) in [4.78, 5) is 0. The zero-order valence-corrected chi connectivity index (χ0v) is 9.44. The summed E-state index contributed by atoms with van der Waals surface area (Å²) in [5, 5.41) is 7.69. The minimum absolute atomic E-state index is 0.440. The van der Waals surface area contributed by atoms with Crippen LogP contribution in [-0.4, -0.2) is 16.8 Å². The monoisotopic (exact) mass is 209 g/mol. The van der Waals surface area contributed by atoms with Gasteiger partial charge in [0.25, 0.3) is 0 Å². The molecule has 0 spiro atoms. The molecule has 0 radical (unpaired) electrons. The summed E-state index contributed by atoms with van der Waals surface area (Å²) in [5.41, 5.74) is 6.47. The predicted molar refractivity (Wildman–Crippen MR) is 59.5 cm³/mol. The van der Waals surface area contributed by atoms with E-state index in [-0.39, 0.29) is 0 Å². The Bertz CT molecular complexity index is 289. The normalized spacial score (nSPS) is 10.7. The van der Waals surface area contributed by atoms with Crippen LogP contribution in [0, 0.1) is 5.92 Å². The first kappa shape index (κ1) is 11.9. The fourth-order valence-corrected chi connectivity index (χ4v) is 1.28. The molecule has 0 saturated carbocycles. The van der Waals surface area contributed by atoms with Crippen molar-refractivity contribution >= 4 is 0 Å². The van der Waals surface area contributed by atoms with Gasteiger partial charge in [0.1, 0.15) is 0 Å². The van der Waals surface area contributed by atoms with E-state index in [1.54, 1.807) is 6.20 Å². The Morgan fingerprint density at radius 2 is 2.27 bits per heavy atom. The summed E-state index contributed by atoms with van der Waals surface area (Å²) in [6.07, 6.45) is 3.83. The Morgan fingerprint density at radius 1 is 1.47 bits per heavy atom. The van der Waals surface area contributed by atoms with Crippen molar-refractivity contribution in [3.63, 3.8) is 0 Å². The second kappa shape index (κ2) is 6.35. The molecule has 0 aromatic carbocycles. The third-order valence-electron chi connectivity index (χ3n) is 2.15. The van der Waals surface area contributed by atoms with Gasteiger partial charge in [-0.3, -0.25) is 0 Å². The first-order valence-corrected chi connectivity index (χ1v) is 5.37. The zero-order valence-electron chi connectivity index (χ0n) is 9.44. The number of hydrogen-bond acceptors (Lipinski definition) is 4. The number of nitrogens with zero attached hydrogens (tertiary/aromatic N) is 2. The average Bonchev–Trinajstić information content (AvgIpc) is 2.24. The number of hydrogen-bond donors (Lipinski definition) is 1. The molecule has 2 N–H and O–H groups in total. The summed E-state index contributed by atoms with van der Waals surface area (Å²) in [7, 11) is 0. The van der Waals surface area contributed by atoms with Crippen molar-refractivity contribution in [3.05, 3.63) is 17.8 Å². The number of rotatable bonds is 6. The molecule has 0 fully saturated rings. The maximum Gasteiger partial charge on any atom is 0.237 e. The molecular formula is C11H19N3O. The van der Waals surface area contributed by atoms with E-state index in [4.69, 9.17) is 10.5 Å². The molecule has 0 unspecified atom stereocenters. The number of nitrogens with two attached hydrogens (primary N) is 1. The topological polar surface area (TPSA) is 61.0 Å². The van der Waals surface area contributed by atoms with Gasteiger partial charge in [0, 0.05) is 12.1 Å². The van der Waals surface area contributed by atoms with Crippen LogP contribution in [0.25, 0.3) is 0 Å². The lowest BCUT2D eigenvalue weighted by molar-refractivity contribution is 0.281. The van der Waals surface area contributed by atoms with E-state index >= 15 is 0 Å². The van der Waals surface area contributed by atoms with Crippen molar-refractivity contribution in [2.45, 2.75) is 33.2 Å². The van der Waals surface area contributed by atoms with Crippen molar-refractivity contribution in [2.75, 3.05) is 6.61 Å². The summed E-state index contributed by atoms with van der Waals surface area (Å²) in [6.45, 7) is 5.53. The van der Waals surface area contributed by atoms with Crippen LogP contribution < -0.4 is 10.5 Å². The second-order valence-electron chi connectivity index (χ2n) is 3.95. The van der Waals surface area contributed by atoms with E-state index in [9.17, 15) is 0 Å². The quantitative estimate of drug-likeness (QED) is 0.725. The van der Waals surface area contributed by atoms with E-state index in [0.29, 0.717) is 24.9 Å². The standard InChI is InChI=1S/C11H19N3O/c1-9(2)4-3-7-15-11-10(8-12)5-6-13-14-11/h5-6,9H,3-4,7-8,12H2,1-2H3. The summed E-state index contributed by atoms with van der Waals surface area (Å²) < 4.78 is 5.52. The first-order chi connectivity index (χ1) is 7.24. The van der Waals surface area contributed by atoms with Crippen molar-refractivity contribution in [2.24, 2.45) is 11.7 Å². The third kappa shape index (κ3) is 4.25. The maximum atomic E-state index is 5.56. The lowest BCUT2D eigenvalue weighted by Gasteiger charge is -2.08. The van der Waals surface area contributed by atoms with Crippen molar-refractivity contribution in [1.29, 1.82) is 0 Å². The van der Waals surface area contributed by atoms with Gasteiger partial charge in [0.15, 0.2) is 0 Å². The van der Waals surface area contributed by atoms with E-state index in [1.165, 1.54) is 0 Å². The highest BCUT2D eigenvalue weighted by Crippen LogP contribution is 2.13. The highest BCUT2D eigenvalue weighted by molar-refractivity contribution is 5.22. The van der Waals surface area contributed by atoms with Crippen LogP contribution >= 0.6 is 0 Å². The number of aromatic nitrogens is 2. The van der Waals surface area contributed by atoms with E-state index in [2.05, 4.69) is 24.0 Å². The Hall–Kier alpha value is -1.16. The van der Waals surface area contributed by atoms with Crippen LogP contribution in [0.3, 0.4) is 0 Å². The van der Waals surface area contributed by atoms with Crippen LogP contribution in [0.1, 0.15) is 32.3 Å². The van der Waals surface area contributed by atoms with Crippen LogP contribution in [-0.2, 0) is 6.54 Å². The molecule has 4 heteroatoms. The SMILES string of the molecule is CC(C)CCCOc1nnccc1CN. The molecule has 1 heterocycles. The predicted octanol–water partition coefficient (Wildman–Crippen LogP) is 1.75. The van der Waals surface area contributed by atoms with Gasteiger partial charge in [-0.05, 0) is 24.8 Å². The van der Waals surface area contributed by atoms with Gasteiger partial charge in [-0.2, -0.15) is 5.10 Å². The zero-order chi connectivity index (χ0) is 11.1. The Morgan fingerprint density at radius 3 is 2.93 bits per heavy atom. The fraction of sp³-hybridized carbons (Fsp3) is 0.636. The summed E-state index contributed by atoms with van der Waals surface area (Å²) in [6, 6.07) is 1.84. The highest BCUT2D eigenvalue weighted by atomic mass is 16.5. The van der Waals surface area contributed by atoms with Gasteiger partial charge in [-0.25, -0.2) is 0 Å². The molecule has 0 saturated heterocycles. The lowest BCUT2D eigenvalue weighted by Crippen LogP contribution is -2.07. The lowest BCUT2D eigenvalue weighted by atomic mass is 10.1. The largest absolute Gasteiger partial charge is 0.476 e. The van der Waals surface area contributed by atoms with Gasteiger partial charge in [-0.15, -0.1) is 5.10 Å². The van der Waals surface area contributed by atoms with E-state index < -0.39 is 0 Å². The van der Waals surface area contributed by atoms with Crippen LogP contribution in [0.5, 0.6) is 5.88 Å². The van der Waals surface area contributed by atoms with Crippen LogP contribution in [0.4, 0.5) is 0 Å². The van der Waals surface area contributed by atoms with Gasteiger partial charge in [-0.1, -0.05) is 13.8 Å². The summed E-state index contributed by atoms with van der Waals surface area (Å²) in [5.74, 6) is 1.29. The van der Waals surface area contributed by atoms with Crippen LogP contribution in [0.15, 0.2) is 12.3 Å². The fourth-order valence-electron chi connectivity index (χ4n) is 1.28. The van der Waals surface area contributed by atoms with Gasteiger partial charge < -0.3 is 10.5 Å². The smallest absolute Gasteiger partial charge is 0.237 e. The molecular weight excluding hydrogens is 190 g/mol. The first-order valence-electron chi connectivity index (χ1n) is 5.37. The molecule has 1 aromatic heterocycles. The van der Waals surface area contributed by atoms with Crippen molar-refractivity contribution in [1.82, 2.24) is 10.2 Å². The average molecular weight is 209 g/mol. The van der Waals surface area contributed by atoms with Gasteiger partial charge in [0.2, 0.25) is 5.88 Å². The Kier molecular flexibility index (Phi) is 5.04. The molecule has 0 aliphatic rings. The van der Waals surface area contributed by atoms with Crippen molar-refractivity contribution in [3.8, 4) is 5.88 Å². The van der Waals surface area contributed by atoms with Gasteiger partial charge >= 0.3 is 0 Å². The van der Waals surface area contributed by atoms with E-state index in [0.717, 1.165) is 18.4 Å². The molecule has 1 rings (SSSR count). The molecule has 0 aliphatic carbocycles.